The lowest BCUT2D eigenvalue weighted by molar-refractivity contribution is 0.0599. The van der Waals surface area contributed by atoms with Crippen molar-refractivity contribution >= 4 is 11.8 Å². The molecule has 1 heterocycles. The summed E-state index contributed by atoms with van der Waals surface area (Å²) in [6.07, 6.45) is 4.35. The van der Waals surface area contributed by atoms with Gasteiger partial charge in [0.05, 0.1) is 18.4 Å². The molecule has 0 spiro atoms. The molecule has 1 saturated carbocycles. The van der Waals surface area contributed by atoms with Crippen molar-refractivity contribution < 1.29 is 9.53 Å². The number of nitrogens with zero attached hydrogens (tertiary/aromatic N) is 2. The number of anilines is 1. The van der Waals surface area contributed by atoms with Crippen LogP contribution in [0.3, 0.4) is 0 Å². The summed E-state index contributed by atoms with van der Waals surface area (Å²) in [7, 11) is 1.39. The molecule has 0 atom stereocenters. The second-order valence-corrected chi connectivity index (χ2v) is 5.65. The Labute approximate surface area is 126 Å². The van der Waals surface area contributed by atoms with Gasteiger partial charge in [-0.05, 0) is 51.7 Å². The predicted molar refractivity (Wildman–Crippen MR) is 83.6 cm³/mol. The van der Waals surface area contributed by atoms with Gasteiger partial charge in [0.1, 0.15) is 5.82 Å². The Morgan fingerprint density at radius 3 is 2.57 bits per heavy atom. The molecular weight excluding hydrogens is 266 g/mol. The fourth-order valence-electron chi connectivity index (χ4n) is 3.05. The normalized spacial score (nSPS) is 21.9. The van der Waals surface area contributed by atoms with Crippen LogP contribution in [0.1, 0.15) is 48.7 Å². The third-order valence-electron chi connectivity index (χ3n) is 4.29. The Balaban J connectivity index is 2.19. The van der Waals surface area contributed by atoms with Crippen molar-refractivity contribution in [2.24, 2.45) is 5.73 Å². The summed E-state index contributed by atoms with van der Waals surface area (Å²) in [5, 5.41) is 0. The molecule has 0 unspecified atom stereocenters. The monoisotopic (exact) mass is 291 g/mol. The van der Waals surface area contributed by atoms with Gasteiger partial charge >= 0.3 is 5.97 Å². The Hall–Kier alpha value is -1.62. The maximum absolute atomic E-state index is 11.6. The van der Waals surface area contributed by atoms with E-state index in [-0.39, 0.29) is 5.97 Å². The van der Waals surface area contributed by atoms with E-state index in [9.17, 15) is 4.79 Å². The molecular formula is C16H25N3O2. The van der Waals surface area contributed by atoms with Gasteiger partial charge < -0.3 is 15.4 Å². The third-order valence-corrected chi connectivity index (χ3v) is 4.29. The standard InChI is InChI=1S/C16H25N3O2/c1-4-19(13-7-5-12(17)6-8-13)15-10-9-14(11(2)18-15)16(20)21-3/h9-10,12-13H,4-8,17H2,1-3H3. The van der Waals surface area contributed by atoms with E-state index in [1.54, 1.807) is 6.07 Å². The van der Waals surface area contributed by atoms with Gasteiger partial charge in [-0.25, -0.2) is 9.78 Å². The molecule has 5 heteroatoms. The van der Waals surface area contributed by atoms with Gasteiger partial charge in [0.15, 0.2) is 0 Å². The number of aromatic nitrogens is 1. The van der Waals surface area contributed by atoms with Crippen LogP contribution in [0.2, 0.25) is 0 Å². The van der Waals surface area contributed by atoms with Crippen molar-refractivity contribution in [1.82, 2.24) is 4.98 Å². The van der Waals surface area contributed by atoms with Crippen LogP contribution in [0.5, 0.6) is 0 Å². The molecule has 2 rings (SSSR count). The summed E-state index contributed by atoms with van der Waals surface area (Å²) in [6, 6.07) is 4.56. The first-order valence-electron chi connectivity index (χ1n) is 7.65. The minimum Gasteiger partial charge on any atom is -0.465 e. The number of esters is 1. The number of nitrogens with two attached hydrogens (primary N) is 1. The molecule has 0 radical (unpaired) electrons. The number of hydrogen-bond donors (Lipinski definition) is 1. The summed E-state index contributed by atoms with van der Waals surface area (Å²) < 4.78 is 4.77. The number of carbonyl (C=O) groups excluding carboxylic acids is 1. The minimum absolute atomic E-state index is 0.335. The van der Waals surface area contributed by atoms with Crippen LogP contribution in [-0.2, 0) is 4.74 Å². The fourth-order valence-corrected chi connectivity index (χ4v) is 3.05. The first-order chi connectivity index (χ1) is 10.1. The zero-order chi connectivity index (χ0) is 15.4. The average molecular weight is 291 g/mol. The highest BCUT2D eigenvalue weighted by molar-refractivity contribution is 5.90. The molecule has 5 nitrogen and oxygen atoms in total. The van der Waals surface area contributed by atoms with Gasteiger partial charge in [-0.3, -0.25) is 0 Å². The van der Waals surface area contributed by atoms with Crippen LogP contribution in [0.15, 0.2) is 12.1 Å². The molecule has 1 fully saturated rings. The summed E-state index contributed by atoms with van der Waals surface area (Å²) in [4.78, 5) is 18.6. The second kappa shape index (κ2) is 6.89. The smallest absolute Gasteiger partial charge is 0.339 e. The van der Waals surface area contributed by atoms with Crippen LogP contribution in [-0.4, -0.2) is 36.7 Å². The van der Waals surface area contributed by atoms with Crippen molar-refractivity contribution in [3.8, 4) is 0 Å². The Morgan fingerprint density at radius 1 is 1.38 bits per heavy atom. The molecule has 0 aliphatic heterocycles. The van der Waals surface area contributed by atoms with E-state index in [0.717, 1.165) is 38.0 Å². The zero-order valence-electron chi connectivity index (χ0n) is 13.1. The van der Waals surface area contributed by atoms with Crippen LogP contribution >= 0.6 is 0 Å². The fraction of sp³-hybridized carbons (Fsp3) is 0.625. The molecule has 0 saturated heterocycles. The number of methoxy groups -OCH3 is 1. The van der Waals surface area contributed by atoms with Crippen molar-refractivity contribution in [2.45, 2.75) is 51.6 Å². The molecule has 0 aromatic carbocycles. The highest BCUT2D eigenvalue weighted by atomic mass is 16.5. The van der Waals surface area contributed by atoms with Crippen molar-refractivity contribution in [3.63, 3.8) is 0 Å². The van der Waals surface area contributed by atoms with E-state index >= 15 is 0 Å². The van der Waals surface area contributed by atoms with E-state index in [4.69, 9.17) is 10.5 Å². The number of pyridine rings is 1. The van der Waals surface area contributed by atoms with Crippen molar-refractivity contribution in [1.29, 1.82) is 0 Å². The summed E-state index contributed by atoms with van der Waals surface area (Å²) in [5.74, 6) is 0.598. The number of carbonyl (C=O) groups is 1. The molecule has 21 heavy (non-hydrogen) atoms. The summed E-state index contributed by atoms with van der Waals surface area (Å²) in [5.41, 5.74) is 7.23. The van der Waals surface area contributed by atoms with E-state index in [2.05, 4.69) is 16.8 Å². The number of ether oxygens (including phenoxy) is 1. The minimum atomic E-state index is -0.335. The van der Waals surface area contributed by atoms with E-state index in [1.165, 1.54) is 7.11 Å². The van der Waals surface area contributed by atoms with Crippen molar-refractivity contribution in [2.75, 3.05) is 18.6 Å². The van der Waals surface area contributed by atoms with Crippen LogP contribution in [0.25, 0.3) is 0 Å². The topological polar surface area (TPSA) is 68.5 Å². The lowest BCUT2D eigenvalue weighted by atomic mass is 9.90. The van der Waals surface area contributed by atoms with Crippen molar-refractivity contribution in [3.05, 3.63) is 23.4 Å². The maximum atomic E-state index is 11.6. The van der Waals surface area contributed by atoms with Gasteiger partial charge in [-0.15, -0.1) is 0 Å². The average Bonchev–Trinajstić information content (AvgIpc) is 2.49. The molecule has 1 aromatic heterocycles. The van der Waals surface area contributed by atoms with Crippen LogP contribution in [0, 0.1) is 6.92 Å². The molecule has 0 amide bonds. The predicted octanol–water partition coefficient (Wildman–Crippen LogP) is 2.27. The largest absolute Gasteiger partial charge is 0.465 e. The highest BCUT2D eigenvalue weighted by Gasteiger charge is 2.24. The van der Waals surface area contributed by atoms with Crippen LogP contribution in [0.4, 0.5) is 5.82 Å². The first-order valence-corrected chi connectivity index (χ1v) is 7.65. The molecule has 1 aliphatic carbocycles. The van der Waals surface area contributed by atoms with Crippen LogP contribution < -0.4 is 10.6 Å². The second-order valence-electron chi connectivity index (χ2n) is 5.65. The molecule has 0 bridgehead atoms. The van der Waals surface area contributed by atoms with E-state index in [0.29, 0.717) is 23.3 Å². The summed E-state index contributed by atoms with van der Waals surface area (Å²) in [6.45, 7) is 4.89. The number of aryl methyl sites for hydroxylation is 1. The maximum Gasteiger partial charge on any atom is 0.339 e. The summed E-state index contributed by atoms with van der Waals surface area (Å²) >= 11 is 0. The lowest BCUT2D eigenvalue weighted by Crippen LogP contribution is -2.41. The third kappa shape index (κ3) is 3.53. The molecule has 1 aromatic rings. The molecule has 116 valence electrons. The Kier molecular flexibility index (Phi) is 5.17. The Morgan fingerprint density at radius 2 is 2.05 bits per heavy atom. The van der Waals surface area contributed by atoms with E-state index in [1.807, 2.05) is 13.0 Å². The lowest BCUT2D eigenvalue weighted by Gasteiger charge is -2.36. The van der Waals surface area contributed by atoms with Gasteiger partial charge in [0.2, 0.25) is 0 Å². The van der Waals surface area contributed by atoms with Gasteiger partial charge in [0, 0.05) is 18.6 Å². The Bertz CT molecular complexity index is 496. The quantitative estimate of drug-likeness (QED) is 0.862. The first kappa shape index (κ1) is 15.8. The van der Waals surface area contributed by atoms with Gasteiger partial charge in [-0.2, -0.15) is 0 Å². The van der Waals surface area contributed by atoms with Gasteiger partial charge in [0.25, 0.3) is 0 Å². The van der Waals surface area contributed by atoms with E-state index < -0.39 is 0 Å². The SMILES string of the molecule is CCN(c1ccc(C(=O)OC)c(C)n1)C1CCC(N)CC1. The number of hydrogen-bond acceptors (Lipinski definition) is 5. The number of rotatable bonds is 4. The van der Waals surface area contributed by atoms with Gasteiger partial charge in [-0.1, -0.05) is 0 Å². The zero-order valence-corrected chi connectivity index (χ0v) is 13.1. The molecule has 2 N–H and O–H groups in total. The highest BCUT2D eigenvalue weighted by Crippen LogP contribution is 2.26. The molecule has 1 aliphatic rings.